The molecule has 0 spiro atoms. The van der Waals surface area contributed by atoms with Crippen LogP contribution in [-0.4, -0.2) is 43.4 Å². The van der Waals surface area contributed by atoms with Gasteiger partial charge in [0.1, 0.15) is 6.04 Å². The first-order chi connectivity index (χ1) is 10.5. The predicted octanol–water partition coefficient (Wildman–Crippen LogP) is -0.739. The van der Waals surface area contributed by atoms with Crippen molar-refractivity contribution in [3.05, 3.63) is 0 Å². The molecule has 1 aliphatic heterocycles. The van der Waals surface area contributed by atoms with Crippen LogP contribution in [0.5, 0.6) is 0 Å². The fourth-order valence-electron chi connectivity index (χ4n) is 2.91. The van der Waals surface area contributed by atoms with Gasteiger partial charge in [-0.25, -0.2) is 0 Å². The first-order valence-corrected chi connectivity index (χ1v) is 8.06. The zero-order valence-electron chi connectivity index (χ0n) is 13.1. The first-order valence-electron chi connectivity index (χ1n) is 8.06. The Balaban J connectivity index is 1.90. The summed E-state index contributed by atoms with van der Waals surface area (Å²) in [6, 6.07) is -1.11. The van der Waals surface area contributed by atoms with Gasteiger partial charge in [-0.15, -0.1) is 0 Å². The van der Waals surface area contributed by atoms with Crippen LogP contribution < -0.4 is 21.7 Å². The monoisotopic (exact) mass is 310 g/mol. The van der Waals surface area contributed by atoms with E-state index in [0.717, 1.165) is 32.1 Å². The highest BCUT2D eigenvalue weighted by atomic mass is 16.2. The lowest BCUT2D eigenvalue weighted by molar-refractivity contribution is -0.131. The number of primary amides is 1. The van der Waals surface area contributed by atoms with Gasteiger partial charge < -0.3 is 21.7 Å². The van der Waals surface area contributed by atoms with Gasteiger partial charge in [0, 0.05) is 12.5 Å². The van der Waals surface area contributed by atoms with Crippen molar-refractivity contribution in [2.75, 3.05) is 13.6 Å². The number of carbonyl (C=O) groups is 3. The molecule has 2 fully saturated rings. The van der Waals surface area contributed by atoms with E-state index in [9.17, 15) is 14.4 Å². The lowest BCUT2D eigenvalue weighted by Crippen LogP contribution is -2.53. The van der Waals surface area contributed by atoms with Crippen LogP contribution in [0.4, 0.5) is 0 Å². The number of piperidine rings is 1. The fraction of sp³-hybridized carbons (Fsp3) is 0.800. The van der Waals surface area contributed by atoms with Crippen LogP contribution in [0.25, 0.3) is 0 Å². The number of amides is 3. The van der Waals surface area contributed by atoms with E-state index in [1.807, 2.05) is 0 Å². The number of hydrogen-bond acceptors (Lipinski definition) is 4. The second-order valence-corrected chi connectivity index (χ2v) is 6.35. The Morgan fingerprint density at radius 3 is 2.55 bits per heavy atom. The van der Waals surface area contributed by atoms with Crippen molar-refractivity contribution >= 4 is 17.7 Å². The van der Waals surface area contributed by atoms with Gasteiger partial charge in [0.25, 0.3) is 0 Å². The summed E-state index contributed by atoms with van der Waals surface area (Å²) in [4.78, 5) is 35.7. The van der Waals surface area contributed by atoms with Crippen LogP contribution in [0.1, 0.15) is 38.5 Å². The topological polar surface area (TPSA) is 113 Å². The molecule has 0 aromatic rings. The van der Waals surface area contributed by atoms with Crippen LogP contribution in [0.15, 0.2) is 0 Å². The van der Waals surface area contributed by atoms with Gasteiger partial charge >= 0.3 is 0 Å². The Morgan fingerprint density at radius 2 is 2.00 bits per heavy atom. The van der Waals surface area contributed by atoms with Gasteiger partial charge in [0.2, 0.25) is 17.7 Å². The molecule has 124 valence electrons. The van der Waals surface area contributed by atoms with Crippen molar-refractivity contribution in [2.24, 2.45) is 17.6 Å². The SMILES string of the molecule is CNC(CC1CC1)C(=O)NC(CC1CCCNC1=O)C(N)=O. The predicted molar refractivity (Wildman–Crippen MR) is 81.7 cm³/mol. The van der Waals surface area contributed by atoms with Crippen molar-refractivity contribution < 1.29 is 14.4 Å². The molecule has 22 heavy (non-hydrogen) atoms. The Kier molecular flexibility index (Phi) is 5.76. The second kappa shape index (κ2) is 7.58. The minimum atomic E-state index is -0.795. The van der Waals surface area contributed by atoms with Crippen LogP contribution in [0.3, 0.4) is 0 Å². The van der Waals surface area contributed by atoms with Crippen LogP contribution >= 0.6 is 0 Å². The average molecular weight is 310 g/mol. The van der Waals surface area contributed by atoms with Crippen molar-refractivity contribution in [2.45, 2.75) is 50.6 Å². The molecule has 3 unspecified atom stereocenters. The number of nitrogens with two attached hydrogens (primary N) is 1. The van der Waals surface area contributed by atoms with Crippen molar-refractivity contribution in [3.63, 3.8) is 0 Å². The summed E-state index contributed by atoms with van der Waals surface area (Å²) in [6.45, 7) is 0.673. The molecule has 3 atom stereocenters. The minimum Gasteiger partial charge on any atom is -0.368 e. The first kappa shape index (κ1) is 16.7. The zero-order chi connectivity index (χ0) is 16.1. The van der Waals surface area contributed by atoms with E-state index in [-0.39, 0.29) is 30.2 Å². The molecule has 0 bridgehead atoms. The molecular formula is C15H26N4O3. The summed E-state index contributed by atoms with van der Waals surface area (Å²) in [5.41, 5.74) is 5.40. The second-order valence-electron chi connectivity index (χ2n) is 6.35. The van der Waals surface area contributed by atoms with E-state index >= 15 is 0 Å². The van der Waals surface area contributed by atoms with E-state index in [0.29, 0.717) is 12.5 Å². The molecular weight excluding hydrogens is 284 g/mol. The Labute approximate surface area is 130 Å². The minimum absolute atomic E-state index is 0.0603. The maximum atomic E-state index is 12.3. The molecule has 7 nitrogen and oxygen atoms in total. The third-order valence-corrected chi connectivity index (χ3v) is 4.51. The Hall–Kier alpha value is -1.63. The molecule has 5 N–H and O–H groups in total. The molecule has 0 aromatic heterocycles. The molecule has 0 radical (unpaired) electrons. The maximum Gasteiger partial charge on any atom is 0.240 e. The quantitative estimate of drug-likeness (QED) is 0.473. The molecule has 1 saturated carbocycles. The van der Waals surface area contributed by atoms with Gasteiger partial charge in [0.15, 0.2) is 0 Å². The van der Waals surface area contributed by atoms with Crippen LogP contribution in [0, 0.1) is 11.8 Å². The number of likely N-dealkylation sites (N-methyl/N-ethyl adjacent to an activating group) is 1. The Morgan fingerprint density at radius 1 is 1.27 bits per heavy atom. The zero-order valence-corrected chi connectivity index (χ0v) is 13.1. The van der Waals surface area contributed by atoms with Gasteiger partial charge in [0.05, 0.1) is 6.04 Å². The third-order valence-electron chi connectivity index (χ3n) is 4.51. The molecule has 1 heterocycles. The number of rotatable bonds is 8. The average Bonchev–Trinajstić information content (AvgIpc) is 3.30. The number of carbonyl (C=O) groups excluding carboxylic acids is 3. The molecule has 0 aromatic carbocycles. The molecule has 7 heteroatoms. The van der Waals surface area contributed by atoms with Crippen molar-refractivity contribution in [3.8, 4) is 0 Å². The summed E-state index contributed by atoms with van der Waals surface area (Å²) >= 11 is 0. The normalized spacial score (nSPS) is 24.2. The third kappa shape index (κ3) is 4.69. The van der Waals surface area contributed by atoms with Crippen LogP contribution in [-0.2, 0) is 14.4 Å². The highest BCUT2D eigenvalue weighted by molar-refractivity contribution is 5.89. The fourth-order valence-corrected chi connectivity index (χ4v) is 2.91. The summed E-state index contributed by atoms with van der Waals surface area (Å²) in [6.07, 6.45) is 4.98. The molecule has 2 aliphatic rings. The lowest BCUT2D eigenvalue weighted by Gasteiger charge is -2.26. The summed E-state index contributed by atoms with van der Waals surface area (Å²) in [5.74, 6) is -0.528. The summed E-state index contributed by atoms with van der Waals surface area (Å²) in [5, 5.41) is 8.48. The lowest BCUT2D eigenvalue weighted by atomic mass is 9.91. The van der Waals surface area contributed by atoms with Crippen molar-refractivity contribution in [1.29, 1.82) is 0 Å². The molecule has 2 rings (SSSR count). The standard InChI is InChI=1S/C15H26N4O3/c1-17-12(7-9-4-5-9)15(22)19-11(13(16)20)8-10-3-2-6-18-14(10)21/h9-12,17H,2-8H2,1H3,(H2,16,20)(H,18,21)(H,19,22). The van der Waals surface area contributed by atoms with Gasteiger partial charge in [-0.1, -0.05) is 12.8 Å². The van der Waals surface area contributed by atoms with E-state index in [4.69, 9.17) is 5.73 Å². The molecule has 1 aliphatic carbocycles. The Bertz CT molecular complexity index is 437. The number of nitrogens with one attached hydrogen (secondary N) is 3. The largest absolute Gasteiger partial charge is 0.368 e. The van der Waals surface area contributed by atoms with E-state index in [1.165, 1.54) is 0 Å². The van der Waals surface area contributed by atoms with E-state index in [1.54, 1.807) is 7.05 Å². The van der Waals surface area contributed by atoms with Gasteiger partial charge in [-0.05, 0) is 38.6 Å². The maximum absolute atomic E-state index is 12.3. The molecule has 1 saturated heterocycles. The van der Waals surface area contributed by atoms with Crippen molar-refractivity contribution in [1.82, 2.24) is 16.0 Å². The van der Waals surface area contributed by atoms with Gasteiger partial charge in [-0.2, -0.15) is 0 Å². The van der Waals surface area contributed by atoms with Crippen LogP contribution in [0.2, 0.25) is 0 Å². The highest BCUT2D eigenvalue weighted by Crippen LogP contribution is 2.33. The van der Waals surface area contributed by atoms with Gasteiger partial charge in [-0.3, -0.25) is 14.4 Å². The number of hydrogen-bond donors (Lipinski definition) is 4. The molecule has 3 amide bonds. The van der Waals surface area contributed by atoms with E-state index in [2.05, 4.69) is 16.0 Å². The highest BCUT2D eigenvalue weighted by Gasteiger charge is 2.32. The summed E-state index contributed by atoms with van der Waals surface area (Å²) < 4.78 is 0. The summed E-state index contributed by atoms with van der Waals surface area (Å²) in [7, 11) is 1.74. The van der Waals surface area contributed by atoms with E-state index < -0.39 is 11.9 Å². The smallest absolute Gasteiger partial charge is 0.240 e.